The highest BCUT2D eigenvalue weighted by molar-refractivity contribution is 7.99. The van der Waals surface area contributed by atoms with E-state index in [0.717, 1.165) is 11.4 Å². The number of aryl methyl sites for hydroxylation is 2. The number of thioether (sulfide) groups is 1. The lowest BCUT2D eigenvalue weighted by atomic mass is 10.3. The molecule has 2 heterocycles. The van der Waals surface area contributed by atoms with Crippen LogP contribution in [0.1, 0.15) is 22.0 Å². The Bertz CT molecular complexity index is 895. The van der Waals surface area contributed by atoms with Gasteiger partial charge in [0.05, 0.1) is 0 Å². The van der Waals surface area contributed by atoms with Crippen LogP contribution in [-0.4, -0.2) is 31.2 Å². The van der Waals surface area contributed by atoms with Gasteiger partial charge in [0.1, 0.15) is 0 Å². The molecular formula is C15H13F2N5OS. The molecule has 0 aliphatic heterocycles. The van der Waals surface area contributed by atoms with E-state index < -0.39 is 11.7 Å². The van der Waals surface area contributed by atoms with Crippen LogP contribution in [0.4, 0.5) is 14.5 Å². The van der Waals surface area contributed by atoms with Crippen molar-refractivity contribution in [2.24, 2.45) is 0 Å². The molecule has 124 valence electrons. The fourth-order valence-electron chi connectivity index (χ4n) is 2.17. The molecule has 0 saturated heterocycles. The summed E-state index contributed by atoms with van der Waals surface area (Å²) in [6, 6.07) is 7.96. The van der Waals surface area contributed by atoms with E-state index in [1.807, 2.05) is 19.9 Å². The molecule has 1 amide bonds. The van der Waals surface area contributed by atoms with Gasteiger partial charge in [-0.2, -0.15) is 13.8 Å². The average Bonchev–Trinajstić information content (AvgIpc) is 2.93. The molecule has 0 bridgehead atoms. The number of carbonyl (C=O) groups is 1. The highest BCUT2D eigenvalue weighted by Crippen LogP contribution is 2.26. The number of anilines is 1. The lowest BCUT2D eigenvalue weighted by Crippen LogP contribution is -2.14. The Labute approximate surface area is 140 Å². The molecule has 1 aromatic carbocycles. The lowest BCUT2D eigenvalue weighted by molar-refractivity contribution is 0.101. The summed E-state index contributed by atoms with van der Waals surface area (Å²) >= 11 is 0.446. The molecule has 0 saturated carbocycles. The molecular weight excluding hydrogens is 336 g/mol. The zero-order chi connectivity index (χ0) is 17.3. The van der Waals surface area contributed by atoms with Crippen LogP contribution in [0, 0.1) is 13.8 Å². The van der Waals surface area contributed by atoms with Crippen LogP contribution in [0.3, 0.4) is 0 Å². The molecule has 0 radical (unpaired) electrons. The van der Waals surface area contributed by atoms with Gasteiger partial charge in [-0.3, -0.25) is 4.79 Å². The van der Waals surface area contributed by atoms with Gasteiger partial charge in [0.25, 0.3) is 17.4 Å². The Morgan fingerprint density at radius 1 is 1.21 bits per heavy atom. The number of benzene rings is 1. The summed E-state index contributed by atoms with van der Waals surface area (Å²) in [4.78, 5) is 21.0. The molecule has 9 heteroatoms. The first-order valence-corrected chi connectivity index (χ1v) is 7.87. The van der Waals surface area contributed by atoms with Crippen LogP contribution in [0.15, 0.2) is 35.2 Å². The standard InChI is InChI=1S/C15H13F2N5OS/c1-8-7-9(2)22-15(18-8)20-12(21-22)13(23)19-10-3-5-11(6-4-10)24-14(16)17/h3-7,14H,1-2H3,(H,19,23). The van der Waals surface area contributed by atoms with E-state index in [-0.39, 0.29) is 5.82 Å². The second-order valence-corrected chi connectivity index (χ2v) is 6.11. The number of hydrogen-bond donors (Lipinski definition) is 1. The number of nitrogens with zero attached hydrogens (tertiary/aromatic N) is 4. The number of carbonyl (C=O) groups excluding carboxylic acids is 1. The van der Waals surface area contributed by atoms with Crippen LogP contribution < -0.4 is 5.32 Å². The van der Waals surface area contributed by atoms with Crippen LogP contribution in [0.2, 0.25) is 0 Å². The van der Waals surface area contributed by atoms with Crippen LogP contribution in [0.5, 0.6) is 0 Å². The summed E-state index contributed by atoms with van der Waals surface area (Å²) in [7, 11) is 0. The first-order chi connectivity index (χ1) is 11.4. The molecule has 0 aliphatic carbocycles. The van der Waals surface area contributed by atoms with Gasteiger partial charge < -0.3 is 5.32 Å². The lowest BCUT2D eigenvalue weighted by Gasteiger charge is -2.04. The van der Waals surface area contributed by atoms with E-state index in [2.05, 4.69) is 20.4 Å². The Morgan fingerprint density at radius 2 is 1.92 bits per heavy atom. The first kappa shape index (κ1) is 16.3. The number of hydrogen-bond acceptors (Lipinski definition) is 5. The van der Waals surface area contributed by atoms with Crippen molar-refractivity contribution in [2.45, 2.75) is 24.5 Å². The van der Waals surface area contributed by atoms with Gasteiger partial charge in [-0.1, -0.05) is 11.8 Å². The summed E-state index contributed by atoms with van der Waals surface area (Å²) in [6.07, 6.45) is 0. The maximum Gasteiger partial charge on any atom is 0.295 e. The van der Waals surface area contributed by atoms with Crippen molar-refractivity contribution >= 4 is 29.1 Å². The normalized spacial score (nSPS) is 11.2. The van der Waals surface area contributed by atoms with Gasteiger partial charge in [-0.05, 0) is 44.2 Å². The number of fused-ring (bicyclic) bond motifs is 1. The van der Waals surface area contributed by atoms with Gasteiger partial charge >= 0.3 is 0 Å². The number of amides is 1. The third-order valence-corrected chi connectivity index (χ3v) is 3.88. The van der Waals surface area contributed by atoms with Crippen molar-refractivity contribution in [1.82, 2.24) is 19.6 Å². The quantitative estimate of drug-likeness (QED) is 0.732. The highest BCUT2D eigenvalue weighted by atomic mass is 32.2. The maximum atomic E-state index is 12.3. The number of alkyl halides is 2. The number of halogens is 2. The van der Waals surface area contributed by atoms with E-state index in [1.54, 1.807) is 12.1 Å². The molecule has 3 aromatic rings. The number of aromatic nitrogens is 4. The molecule has 0 fully saturated rings. The summed E-state index contributed by atoms with van der Waals surface area (Å²) < 4.78 is 26.1. The number of nitrogens with one attached hydrogen (secondary N) is 1. The minimum Gasteiger partial charge on any atom is -0.319 e. The fraction of sp³-hybridized carbons (Fsp3) is 0.200. The Hall–Kier alpha value is -2.55. The third kappa shape index (κ3) is 3.51. The topological polar surface area (TPSA) is 72.2 Å². The maximum absolute atomic E-state index is 12.3. The fourth-order valence-corrected chi connectivity index (χ4v) is 2.67. The Kier molecular flexibility index (Phi) is 4.43. The Balaban J connectivity index is 1.78. The van der Waals surface area contributed by atoms with Gasteiger partial charge in [-0.15, -0.1) is 5.10 Å². The van der Waals surface area contributed by atoms with Gasteiger partial charge in [0, 0.05) is 22.0 Å². The average molecular weight is 349 g/mol. The molecule has 2 aromatic heterocycles. The summed E-state index contributed by atoms with van der Waals surface area (Å²) in [5, 5.41) is 6.77. The highest BCUT2D eigenvalue weighted by Gasteiger charge is 2.15. The molecule has 3 rings (SSSR count). The molecule has 1 N–H and O–H groups in total. The summed E-state index contributed by atoms with van der Waals surface area (Å²) in [6.45, 7) is 3.68. The first-order valence-electron chi connectivity index (χ1n) is 6.99. The second-order valence-electron chi connectivity index (χ2n) is 5.04. The third-order valence-electron chi connectivity index (χ3n) is 3.16. The van der Waals surface area contributed by atoms with E-state index in [4.69, 9.17) is 0 Å². The van der Waals surface area contributed by atoms with Crippen molar-refractivity contribution in [2.75, 3.05) is 5.32 Å². The van der Waals surface area contributed by atoms with Crippen molar-refractivity contribution in [3.8, 4) is 0 Å². The molecule has 0 unspecified atom stereocenters. The van der Waals surface area contributed by atoms with Crippen molar-refractivity contribution in [1.29, 1.82) is 0 Å². The van der Waals surface area contributed by atoms with Crippen LogP contribution >= 0.6 is 11.8 Å². The van der Waals surface area contributed by atoms with Crippen molar-refractivity contribution in [3.63, 3.8) is 0 Å². The van der Waals surface area contributed by atoms with Gasteiger partial charge in [-0.25, -0.2) is 9.50 Å². The summed E-state index contributed by atoms with van der Waals surface area (Å²) in [5.41, 5.74) is 2.07. The zero-order valence-corrected chi connectivity index (χ0v) is 13.6. The minimum atomic E-state index is -2.48. The molecule has 0 atom stereocenters. The van der Waals surface area contributed by atoms with Crippen molar-refractivity contribution in [3.05, 3.63) is 47.5 Å². The monoisotopic (exact) mass is 349 g/mol. The van der Waals surface area contributed by atoms with E-state index >= 15 is 0 Å². The second kappa shape index (κ2) is 6.52. The number of rotatable bonds is 4. The van der Waals surface area contributed by atoms with E-state index in [0.29, 0.717) is 28.1 Å². The largest absolute Gasteiger partial charge is 0.319 e. The molecule has 24 heavy (non-hydrogen) atoms. The Morgan fingerprint density at radius 3 is 2.58 bits per heavy atom. The molecule has 0 aliphatic rings. The van der Waals surface area contributed by atoms with E-state index in [9.17, 15) is 13.6 Å². The smallest absolute Gasteiger partial charge is 0.295 e. The predicted octanol–water partition coefficient (Wildman–Crippen LogP) is 3.31. The van der Waals surface area contributed by atoms with Gasteiger partial charge in [0.15, 0.2) is 0 Å². The molecule has 0 spiro atoms. The summed E-state index contributed by atoms with van der Waals surface area (Å²) in [5.74, 6) is -2.64. The van der Waals surface area contributed by atoms with E-state index in [1.165, 1.54) is 16.6 Å². The van der Waals surface area contributed by atoms with Gasteiger partial charge in [0.2, 0.25) is 5.82 Å². The van der Waals surface area contributed by atoms with Crippen LogP contribution in [-0.2, 0) is 0 Å². The molecule has 6 nitrogen and oxygen atoms in total. The zero-order valence-electron chi connectivity index (χ0n) is 12.8. The van der Waals surface area contributed by atoms with Crippen LogP contribution in [0.25, 0.3) is 5.78 Å². The SMILES string of the molecule is Cc1cc(C)n2nc(C(=O)Nc3ccc(SC(F)F)cc3)nc2n1. The van der Waals surface area contributed by atoms with Crippen molar-refractivity contribution < 1.29 is 13.6 Å². The minimum absolute atomic E-state index is 0.0118. The predicted molar refractivity (Wildman–Crippen MR) is 86.5 cm³/mol.